The van der Waals surface area contributed by atoms with Crippen molar-refractivity contribution in [3.05, 3.63) is 41.3 Å². The standard InChI is InChI=1S/C11H8F4N2/c1-6-2-3-7(4-9(6)12)10-8(5-16-17-10)11(13,14)15/h2-5H,1H3,(H,16,17). The molecule has 2 rings (SSSR count). The van der Waals surface area contributed by atoms with Crippen molar-refractivity contribution in [2.75, 3.05) is 0 Å². The molecular formula is C11H8F4N2. The van der Waals surface area contributed by atoms with Crippen molar-refractivity contribution in [2.45, 2.75) is 13.1 Å². The molecule has 0 aliphatic carbocycles. The SMILES string of the molecule is Cc1ccc(-c2[nH]ncc2C(F)(F)F)cc1F. The summed E-state index contributed by atoms with van der Waals surface area (Å²) in [5.74, 6) is -0.551. The van der Waals surface area contributed by atoms with E-state index < -0.39 is 17.6 Å². The third kappa shape index (κ3) is 2.15. The number of hydrogen-bond donors (Lipinski definition) is 1. The van der Waals surface area contributed by atoms with Gasteiger partial charge >= 0.3 is 6.18 Å². The summed E-state index contributed by atoms with van der Waals surface area (Å²) >= 11 is 0. The number of halogens is 4. The van der Waals surface area contributed by atoms with Crippen LogP contribution >= 0.6 is 0 Å². The lowest BCUT2D eigenvalue weighted by atomic mass is 10.1. The molecule has 0 atom stereocenters. The normalized spacial score (nSPS) is 11.8. The lowest BCUT2D eigenvalue weighted by molar-refractivity contribution is -0.137. The number of nitrogens with zero attached hydrogens (tertiary/aromatic N) is 1. The highest BCUT2D eigenvalue weighted by Crippen LogP contribution is 2.35. The largest absolute Gasteiger partial charge is 0.420 e. The Bertz CT molecular complexity index is 543. The molecule has 1 aromatic carbocycles. The minimum atomic E-state index is -4.51. The Morgan fingerprint density at radius 2 is 1.94 bits per heavy atom. The van der Waals surface area contributed by atoms with Crippen molar-refractivity contribution >= 4 is 0 Å². The molecule has 2 aromatic rings. The Labute approximate surface area is 94.3 Å². The summed E-state index contributed by atoms with van der Waals surface area (Å²) in [6.07, 6.45) is -3.82. The van der Waals surface area contributed by atoms with Crippen LogP contribution in [0.5, 0.6) is 0 Å². The Morgan fingerprint density at radius 3 is 2.53 bits per heavy atom. The fourth-order valence-electron chi connectivity index (χ4n) is 1.47. The minimum absolute atomic E-state index is 0.123. The second-order valence-corrected chi connectivity index (χ2v) is 3.62. The van der Waals surface area contributed by atoms with Crippen LogP contribution in [0.3, 0.4) is 0 Å². The molecule has 0 bridgehead atoms. The first-order valence-electron chi connectivity index (χ1n) is 4.76. The van der Waals surface area contributed by atoms with Crippen LogP contribution in [0.1, 0.15) is 11.1 Å². The molecule has 0 saturated heterocycles. The number of H-pyrrole nitrogens is 1. The van der Waals surface area contributed by atoms with Crippen LogP contribution in [0, 0.1) is 12.7 Å². The van der Waals surface area contributed by atoms with E-state index in [0.29, 0.717) is 11.8 Å². The molecule has 0 saturated carbocycles. The van der Waals surface area contributed by atoms with E-state index in [1.165, 1.54) is 19.1 Å². The van der Waals surface area contributed by atoms with E-state index in [-0.39, 0.29) is 11.3 Å². The second kappa shape index (κ2) is 3.87. The van der Waals surface area contributed by atoms with Gasteiger partial charge in [0.15, 0.2) is 0 Å². The highest BCUT2D eigenvalue weighted by molar-refractivity contribution is 5.63. The Hall–Kier alpha value is -1.85. The first-order chi connectivity index (χ1) is 7.89. The first-order valence-corrected chi connectivity index (χ1v) is 4.76. The minimum Gasteiger partial charge on any atom is -0.277 e. The predicted octanol–water partition coefficient (Wildman–Crippen LogP) is 3.54. The molecule has 0 aliphatic heterocycles. The van der Waals surface area contributed by atoms with Crippen LogP contribution < -0.4 is 0 Å². The maximum atomic E-state index is 13.3. The lowest BCUT2D eigenvalue weighted by Gasteiger charge is -2.07. The number of alkyl halides is 3. The molecule has 0 fully saturated rings. The molecular weight excluding hydrogens is 236 g/mol. The van der Waals surface area contributed by atoms with Crippen LogP contribution in [0.25, 0.3) is 11.3 Å². The van der Waals surface area contributed by atoms with Gasteiger partial charge in [-0.3, -0.25) is 5.10 Å². The quantitative estimate of drug-likeness (QED) is 0.763. The van der Waals surface area contributed by atoms with Crippen molar-refractivity contribution in [2.24, 2.45) is 0 Å². The Kier molecular flexibility index (Phi) is 2.65. The van der Waals surface area contributed by atoms with E-state index >= 15 is 0 Å². The summed E-state index contributed by atoms with van der Waals surface area (Å²) in [5, 5.41) is 5.59. The summed E-state index contributed by atoms with van der Waals surface area (Å²) in [6.45, 7) is 1.54. The van der Waals surface area contributed by atoms with Gasteiger partial charge in [-0.25, -0.2) is 4.39 Å². The van der Waals surface area contributed by atoms with Gasteiger partial charge in [-0.15, -0.1) is 0 Å². The molecule has 0 spiro atoms. The van der Waals surface area contributed by atoms with Crippen molar-refractivity contribution in [1.82, 2.24) is 10.2 Å². The van der Waals surface area contributed by atoms with Gasteiger partial charge in [0.25, 0.3) is 0 Å². The third-order valence-electron chi connectivity index (χ3n) is 2.41. The monoisotopic (exact) mass is 244 g/mol. The highest BCUT2D eigenvalue weighted by atomic mass is 19.4. The molecule has 2 nitrogen and oxygen atoms in total. The van der Waals surface area contributed by atoms with Gasteiger partial charge in [0.1, 0.15) is 11.4 Å². The number of aromatic amines is 1. The highest BCUT2D eigenvalue weighted by Gasteiger charge is 2.35. The average Bonchev–Trinajstić information content (AvgIpc) is 2.70. The van der Waals surface area contributed by atoms with Gasteiger partial charge in [0, 0.05) is 5.56 Å². The van der Waals surface area contributed by atoms with Crippen LogP contribution in [0.15, 0.2) is 24.4 Å². The van der Waals surface area contributed by atoms with Gasteiger partial charge in [-0.1, -0.05) is 12.1 Å². The maximum absolute atomic E-state index is 13.3. The topological polar surface area (TPSA) is 28.7 Å². The van der Waals surface area contributed by atoms with Crippen molar-refractivity contribution in [1.29, 1.82) is 0 Å². The Balaban J connectivity index is 2.54. The van der Waals surface area contributed by atoms with E-state index in [2.05, 4.69) is 10.2 Å². The molecule has 0 unspecified atom stereocenters. The van der Waals surface area contributed by atoms with Crippen LogP contribution in [0.2, 0.25) is 0 Å². The lowest BCUT2D eigenvalue weighted by Crippen LogP contribution is -2.05. The molecule has 0 aliphatic rings. The van der Waals surface area contributed by atoms with Crippen molar-refractivity contribution in [3.63, 3.8) is 0 Å². The van der Waals surface area contributed by atoms with Gasteiger partial charge < -0.3 is 0 Å². The van der Waals surface area contributed by atoms with E-state index in [1.54, 1.807) is 0 Å². The summed E-state index contributed by atoms with van der Waals surface area (Å²) in [5.41, 5.74) is -0.628. The van der Waals surface area contributed by atoms with Gasteiger partial charge in [-0.05, 0) is 18.6 Å². The number of nitrogens with one attached hydrogen (secondary N) is 1. The average molecular weight is 244 g/mol. The van der Waals surface area contributed by atoms with E-state index in [9.17, 15) is 17.6 Å². The number of benzene rings is 1. The molecule has 1 aromatic heterocycles. The van der Waals surface area contributed by atoms with Crippen molar-refractivity contribution in [3.8, 4) is 11.3 Å². The molecule has 0 amide bonds. The predicted molar refractivity (Wildman–Crippen MR) is 53.7 cm³/mol. The molecule has 17 heavy (non-hydrogen) atoms. The fraction of sp³-hybridized carbons (Fsp3) is 0.182. The van der Waals surface area contributed by atoms with Gasteiger partial charge in [-0.2, -0.15) is 18.3 Å². The van der Waals surface area contributed by atoms with Gasteiger partial charge in [0.2, 0.25) is 0 Å². The van der Waals surface area contributed by atoms with Crippen LogP contribution in [-0.4, -0.2) is 10.2 Å². The zero-order valence-corrected chi connectivity index (χ0v) is 8.77. The molecule has 1 N–H and O–H groups in total. The first kappa shape index (κ1) is 11.6. The van der Waals surface area contributed by atoms with Crippen LogP contribution in [0.4, 0.5) is 17.6 Å². The maximum Gasteiger partial charge on any atom is 0.420 e. The smallest absolute Gasteiger partial charge is 0.277 e. The second-order valence-electron chi connectivity index (χ2n) is 3.62. The third-order valence-corrected chi connectivity index (χ3v) is 2.41. The van der Waals surface area contributed by atoms with E-state index in [1.807, 2.05) is 0 Å². The van der Waals surface area contributed by atoms with Crippen LogP contribution in [-0.2, 0) is 6.18 Å². The molecule has 0 radical (unpaired) electrons. The van der Waals surface area contributed by atoms with Crippen molar-refractivity contribution < 1.29 is 17.6 Å². The molecule has 90 valence electrons. The summed E-state index contributed by atoms with van der Waals surface area (Å²) in [4.78, 5) is 0. The van der Waals surface area contributed by atoms with E-state index in [4.69, 9.17) is 0 Å². The number of hydrogen-bond acceptors (Lipinski definition) is 1. The Morgan fingerprint density at radius 1 is 1.24 bits per heavy atom. The molecule has 1 heterocycles. The zero-order chi connectivity index (χ0) is 12.6. The summed E-state index contributed by atoms with van der Waals surface area (Å²) < 4.78 is 51.1. The zero-order valence-electron chi connectivity index (χ0n) is 8.77. The van der Waals surface area contributed by atoms with E-state index in [0.717, 1.165) is 6.07 Å². The number of aryl methyl sites for hydroxylation is 1. The molecule has 6 heteroatoms. The number of aromatic nitrogens is 2. The summed E-state index contributed by atoms with van der Waals surface area (Å²) in [6, 6.07) is 3.89. The van der Waals surface area contributed by atoms with Gasteiger partial charge in [0.05, 0.1) is 11.9 Å². The summed E-state index contributed by atoms with van der Waals surface area (Å²) in [7, 11) is 0. The fourth-order valence-corrected chi connectivity index (χ4v) is 1.47. The number of rotatable bonds is 1.